The van der Waals surface area contributed by atoms with E-state index in [1.165, 1.54) is 10.4 Å². The Labute approximate surface area is 205 Å². The maximum absolute atomic E-state index is 13.2. The molecule has 0 radical (unpaired) electrons. The normalized spacial score (nSPS) is 15.2. The van der Waals surface area contributed by atoms with Crippen LogP contribution in [0, 0.1) is 12.8 Å². The molecule has 1 saturated heterocycles. The Morgan fingerprint density at radius 1 is 1.09 bits per heavy atom. The zero-order valence-electron chi connectivity index (χ0n) is 19.9. The highest BCUT2D eigenvalue weighted by Crippen LogP contribution is 2.28. The molecule has 4 rings (SSSR count). The van der Waals surface area contributed by atoms with E-state index in [2.05, 4.69) is 22.1 Å². The zero-order chi connectivity index (χ0) is 23.9. The quantitative estimate of drug-likeness (QED) is 0.483. The molecule has 178 valence electrons. The molecule has 0 saturated carbocycles. The standard InChI is InChI=1S/C27H32N4O2S/c1-20-25(34-19-29-20)11-12-26(32)31-16-13-22(14-17-31)24(18-21-8-4-3-5-9-21)30(2)27(33)23-10-6-7-15-28-23/h3-10,15,19,22,24H,11-14,16-18H2,1-2H3/t24-/m0/s1. The van der Waals surface area contributed by atoms with Gasteiger partial charge in [0.25, 0.3) is 5.91 Å². The minimum atomic E-state index is -0.0556. The van der Waals surface area contributed by atoms with Crippen LogP contribution in [-0.4, -0.2) is 57.8 Å². The second-order valence-electron chi connectivity index (χ2n) is 8.97. The summed E-state index contributed by atoms with van der Waals surface area (Å²) in [7, 11) is 1.89. The number of likely N-dealkylation sites (tertiary alicyclic amines) is 1. The van der Waals surface area contributed by atoms with Gasteiger partial charge in [-0.15, -0.1) is 11.3 Å². The number of rotatable bonds is 8. The maximum Gasteiger partial charge on any atom is 0.272 e. The highest BCUT2D eigenvalue weighted by atomic mass is 32.1. The minimum absolute atomic E-state index is 0.0500. The Kier molecular flexibility index (Phi) is 8.06. The molecule has 1 aliphatic rings. The van der Waals surface area contributed by atoms with E-state index in [0.29, 0.717) is 18.0 Å². The molecule has 1 fully saturated rings. The van der Waals surface area contributed by atoms with Gasteiger partial charge in [0, 0.05) is 43.7 Å². The molecule has 7 heteroatoms. The number of carbonyl (C=O) groups excluding carboxylic acids is 2. The second-order valence-corrected chi connectivity index (χ2v) is 9.91. The summed E-state index contributed by atoms with van der Waals surface area (Å²) in [6.07, 6.45) is 5.52. The van der Waals surface area contributed by atoms with Gasteiger partial charge in [-0.2, -0.15) is 0 Å². The van der Waals surface area contributed by atoms with E-state index < -0.39 is 0 Å². The molecule has 0 unspecified atom stereocenters. The third-order valence-electron chi connectivity index (χ3n) is 6.84. The molecule has 2 aromatic heterocycles. The Morgan fingerprint density at radius 2 is 1.82 bits per heavy atom. The van der Waals surface area contributed by atoms with Crippen molar-refractivity contribution in [3.63, 3.8) is 0 Å². The molecule has 0 aliphatic carbocycles. The Hall–Kier alpha value is -3.06. The number of aromatic nitrogens is 2. The van der Waals surface area contributed by atoms with Crippen LogP contribution >= 0.6 is 11.3 Å². The lowest BCUT2D eigenvalue weighted by Gasteiger charge is -2.40. The van der Waals surface area contributed by atoms with Crippen LogP contribution in [0.3, 0.4) is 0 Å². The highest BCUT2D eigenvalue weighted by molar-refractivity contribution is 7.09. The lowest BCUT2D eigenvalue weighted by atomic mass is 9.84. The number of amides is 2. The zero-order valence-corrected chi connectivity index (χ0v) is 20.7. The first-order chi connectivity index (χ1) is 16.5. The molecule has 6 nitrogen and oxygen atoms in total. The van der Waals surface area contributed by atoms with E-state index in [1.807, 2.05) is 59.6 Å². The van der Waals surface area contributed by atoms with Crippen LogP contribution in [0.25, 0.3) is 0 Å². The summed E-state index contributed by atoms with van der Waals surface area (Å²) < 4.78 is 0. The monoisotopic (exact) mass is 476 g/mol. The average molecular weight is 477 g/mol. The third kappa shape index (κ3) is 5.89. The van der Waals surface area contributed by atoms with E-state index in [4.69, 9.17) is 0 Å². The molecule has 1 aromatic carbocycles. The number of thiazole rings is 1. The predicted molar refractivity (Wildman–Crippen MR) is 135 cm³/mol. The lowest BCUT2D eigenvalue weighted by Crippen LogP contribution is -2.48. The van der Waals surface area contributed by atoms with Gasteiger partial charge < -0.3 is 9.80 Å². The van der Waals surface area contributed by atoms with Crippen LogP contribution in [0.5, 0.6) is 0 Å². The fraction of sp³-hybridized carbons (Fsp3) is 0.407. The maximum atomic E-state index is 13.2. The van der Waals surface area contributed by atoms with E-state index in [9.17, 15) is 9.59 Å². The van der Waals surface area contributed by atoms with Crippen LogP contribution in [-0.2, 0) is 17.6 Å². The predicted octanol–water partition coefficient (Wildman–Crippen LogP) is 4.40. The van der Waals surface area contributed by atoms with Crippen molar-refractivity contribution in [3.8, 4) is 0 Å². The minimum Gasteiger partial charge on any atom is -0.343 e. The molecule has 3 aromatic rings. The number of hydrogen-bond donors (Lipinski definition) is 0. The van der Waals surface area contributed by atoms with Crippen molar-refractivity contribution in [3.05, 3.63) is 82.1 Å². The van der Waals surface area contributed by atoms with Gasteiger partial charge in [0.2, 0.25) is 5.91 Å². The molecule has 34 heavy (non-hydrogen) atoms. The summed E-state index contributed by atoms with van der Waals surface area (Å²) in [5.74, 6) is 0.481. The van der Waals surface area contributed by atoms with Crippen molar-refractivity contribution >= 4 is 23.2 Å². The SMILES string of the molecule is Cc1ncsc1CCC(=O)N1CCC([C@H](Cc2ccccc2)N(C)C(=O)c2ccccn2)CC1. The molecule has 0 spiro atoms. The van der Waals surface area contributed by atoms with Crippen molar-refractivity contribution < 1.29 is 9.59 Å². The first kappa shape index (κ1) is 24.1. The summed E-state index contributed by atoms with van der Waals surface area (Å²) in [6.45, 7) is 3.47. The van der Waals surface area contributed by atoms with E-state index in [0.717, 1.165) is 44.5 Å². The number of carbonyl (C=O) groups is 2. The van der Waals surface area contributed by atoms with Crippen molar-refractivity contribution in [1.29, 1.82) is 0 Å². The number of benzene rings is 1. The highest BCUT2D eigenvalue weighted by Gasteiger charge is 2.33. The van der Waals surface area contributed by atoms with Crippen LogP contribution in [0.15, 0.2) is 60.2 Å². The number of likely N-dealkylation sites (N-methyl/N-ethyl adjacent to an activating group) is 1. The van der Waals surface area contributed by atoms with Gasteiger partial charge in [0.15, 0.2) is 0 Å². The average Bonchev–Trinajstić information content (AvgIpc) is 3.30. The number of hydrogen-bond acceptors (Lipinski definition) is 5. The van der Waals surface area contributed by atoms with Gasteiger partial charge in [0.1, 0.15) is 5.69 Å². The van der Waals surface area contributed by atoms with Gasteiger partial charge in [0.05, 0.1) is 11.2 Å². The van der Waals surface area contributed by atoms with Crippen LogP contribution < -0.4 is 0 Å². The largest absolute Gasteiger partial charge is 0.343 e. The van der Waals surface area contributed by atoms with Crippen molar-refractivity contribution in [2.24, 2.45) is 5.92 Å². The van der Waals surface area contributed by atoms with Crippen LogP contribution in [0.1, 0.15) is 45.9 Å². The van der Waals surface area contributed by atoms with Gasteiger partial charge in [-0.25, -0.2) is 4.98 Å². The van der Waals surface area contributed by atoms with Crippen molar-refractivity contribution in [2.45, 2.75) is 45.1 Å². The summed E-state index contributed by atoms with van der Waals surface area (Å²) in [6, 6.07) is 15.8. The molecule has 0 N–H and O–H groups in total. The third-order valence-corrected chi connectivity index (χ3v) is 7.83. The molecule has 1 atom stereocenters. The topological polar surface area (TPSA) is 66.4 Å². The Morgan fingerprint density at radius 3 is 2.47 bits per heavy atom. The molecular weight excluding hydrogens is 444 g/mol. The first-order valence-corrected chi connectivity index (χ1v) is 12.8. The van der Waals surface area contributed by atoms with E-state index in [-0.39, 0.29) is 17.9 Å². The molecule has 2 amide bonds. The van der Waals surface area contributed by atoms with Crippen LogP contribution in [0.4, 0.5) is 0 Å². The fourth-order valence-electron chi connectivity index (χ4n) is 4.77. The summed E-state index contributed by atoms with van der Waals surface area (Å²) >= 11 is 1.62. The van der Waals surface area contributed by atoms with Crippen molar-refractivity contribution in [1.82, 2.24) is 19.8 Å². The number of aryl methyl sites for hydroxylation is 2. The van der Waals surface area contributed by atoms with E-state index in [1.54, 1.807) is 23.6 Å². The second kappa shape index (κ2) is 11.4. The fourth-order valence-corrected chi connectivity index (χ4v) is 5.56. The molecule has 1 aliphatic heterocycles. The smallest absolute Gasteiger partial charge is 0.272 e. The van der Waals surface area contributed by atoms with Gasteiger partial charge >= 0.3 is 0 Å². The summed E-state index contributed by atoms with van der Waals surface area (Å²) in [5.41, 5.74) is 4.55. The first-order valence-electron chi connectivity index (χ1n) is 11.9. The Bertz CT molecular complexity index is 1080. The van der Waals surface area contributed by atoms with Gasteiger partial charge in [-0.05, 0) is 56.2 Å². The molecular formula is C27H32N4O2S. The number of pyridine rings is 1. The van der Waals surface area contributed by atoms with E-state index >= 15 is 0 Å². The summed E-state index contributed by atoms with van der Waals surface area (Å²) in [5, 5.41) is 0. The van der Waals surface area contributed by atoms with Crippen molar-refractivity contribution in [2.75, 3.05) is 20.1 Å². The molecule has 3 heterocycles. The number of piperidine rings is 1. The number of nitrogens with zero attached hydrogens (tertiary/aromatic N) is 4. The lowest BCUT2D eigenvalue weighted by molar-refractivity contribution is -0.132. The van der Waals surface area contributed by atoms with Gasteiger partial charge in [-0.1, -0.05) is 36.4 Å². The van der Waals surface area contributed by atoms with Crippen LogP contribution in [0.2, 0.25) is 0 Å². The molecule has 0 bridgehead atoms. The Balaban J connectivity index is 1.41. The summed E-state index contributed by atoms with van der Waals surface area (Å²) in [4.78, 5) is 39.7. The van der Waals surface area contributed by atoms with Gasteiger partial charge in [-0.3, -0.25) is 14.6 Å².